The number of hydrogen-bond acceptors (Lipinski definition) is 1. The first-order valence-electron chi connectivity index (χ1n) is 9.35. The molecule has 2 atom stereocenters. The molecule has 0 bridgehead atoms. The van der Waals surface area contributed by atoms with E-state index in [0.29, 0.717) is 17.4 Å². The summed E-state index contributed by atoms with van der Waals surface area (Å²) in [5.74, 6) is -0.761. The normalized spacial score (nSPS) is 20.0. The first-order chi connectivity index (χ1) is 12.5. The average molecular weight is 356 g/mol. The summed E-state index contributed by atoms with van der Waals surface area (Å²) < 4.78 is 33.1. The van der Waals surface area contributed by atoms with Gasteiger partial charge in [0, 0.05) is 11.5 Å². The zero-order valence-corrected chi connectivity index (χ0v) is 15.7. The van der Waals surface area contributed by atoms with E-state index in [-0.39, 0.29) is 11.3 Å². The lowest BCUT2D eigenvalue weighted by molar-refractivity contribution is 0.372. The highest BCUT2D eigenvalue weighted by molar-refractivity contribution is 5.65. The van der Waals surface area contributed by atoms with Crippen molar-refractivity contribution in [3.63, 3.8) is 0 Å². The smallest absolute Gasteiger partial charge is 0.201 e. The molecule has 0 amide bonds. The van der Waals surface area contributed by atoms with Gasteiger partial charge >= 0.3 is 0 Å². The number of ether oxygens (including phenoxy) is 1. The molecule has 2 unspecified atom stereocenters. The molecule has 0 aromatic heterocycles. The van der Waals surface area contributed by atoms with Crippen LogP contribution in [0.15, 0.2) is 48.0 Å². The predicted octanol–water partition coefficient (Wildman–Crippen LogP) is 6.88. The minimum atomic E-state index is -0.943. The Morgan fingerprint density at radius 1 is 1.00 bits per heavy atom. The number of halogens is 2. The molecule has 0 radical (unpaired) electrons. The lowest BCUT2D eigenvalue weighted by atomic mass is 9.78. The van der Waals surface area contributed by atoms with Crippen LogP contribution in [0.3, 0.4) is 0 Å². The molecule has 2 aromatic rings. The summed E-state index contributed by atoms with van der Waals surface area (Å²) in [6.45, 7) is 4.47. The molecule has 1 nitrogen and oxygen atoms in total. The van der Waals surface area contributed by atoms with Gasteiger partial charge < -0.3 is 4.74 Å². The highest BCUT2D eigenvalue weighted by Gasteiger charge is 2.21. The lowest BCUT2D eigenvalue weighted by Gasteiger charge is -2.27. The fraction of sp³-hybridized carbons (Fsp3) is 0.391. The van der Waals surface area contributed by atoms with Gasteiger partial charge in [0.2, 0.25) is 5.82 Å². The molecule has 0 heterocycles. The maximum absolute atomic E-state index is 14.3. The van der Waals surface area contributed by atoms with E-state index in [2.05, 4.69) is 19.9 Å². The molecule has 3 rings (SSSR count). The second-order valence-corrected chi connectivity index (χ2v) is 7.15. The van der Waals surface area contributed by atoms with Crippen LogP contribution < -0.4 is 4.74 Å². The van der Waals surface area contributed by atoms with Crippen LogP contribution in [0.5, 0.6) is 5.75 Å². The van der Waals surface area contributed by atoms with Gasteiger partial charge in [0.25, 0.3) is 0 Å². The zero-order chi connectivity index (χ0) is 18.7. The third kappa shape index (κ3) is 3.67. The van der Waals surface area contributed by atoms with Crippen molar-refractivity contribution in [3.05, 3.63) is 65.2 Å². The van der Waals surface area contributed by atoms with Gasteiger partial charge in [-0.2, -0.15) is 4.39 Å². The molecule has 0 saturated carbocycles. The third-order valence-corrected chi connectivity index (χ3v) is 5.49. The Balaban J connectivity index is 1.83. The van der Waals surface area contributed by atoms with Gasteiger partial charge in [-0.3, -0.25) is 0 Å². The Morgan fingerprint density at radius 3 is 2.35 bits per heavy atom. The Morgan fingerprint density at radius 2 is 1.73 bits per heavy atom. The summed E-state index contributed by atoms with van der Waals surface area (Å²) in [6.07, 6.45) is 7.23. The van der Waals surface area contributed by atoms with Crippen LogP contribution in [0.4, 0.5) is 8.78 Å². The molecule has 0 saturated heterocycles. The number of rotatable bonds is 5. The fourth-order valence-corrected chi connectivity index (χ4v) is 3.95. The van der Waals surface area contributed by atoms with Gasteiger partial charge in [-0.1, -0.05) is 49.3 Å². The SMILES string of the molecule is CCCC1CCC(c2ccc(-c3ccc(OC)c(F)c3F)cc2)C=C1C. The molecule has 26 heavy (non-hydrogen) atoms. The molecule has 0 spiro atoms. The fourth-order valence-electron chi connectivity index (χ4n) is 3.95. The van der Waals surface area contributed by atoms with Crippen molar-refractivity contribution in [2.45, 2.75) is 45.4 Å². The summed E-state index contributed by atoms with van der Waals surface area (Å²) in [7, 11) is 1.33. The quantitative estimate of drug-likeness (QED) is 0.531. The summed E-state index contributed by atoms with van der Waals surface area (Å²) in [5, 5.41) is 0. The monoisotopic (exact) mass is 356 g/mol. The van der Waals surface area contributed by atoms with E-state index in [9.17, 15) is 8.78 Å². The molecule has 0 N–H and O–H groups in total. The van der Waals surface area contributed by atoms with Crippen molar-refractivity contribution in [2.24, 2.45) is 5.92 Å². The van der Waals surface area contributed by atoms with Crippen LogP contribution in [0, 0.1) is 17.6 Å². The Hall–Kier alpha value is -2.16. The maximum atomic E-state index is 14.3. The highest BCUT2D eigenvalue weighted by atomic mass is 19.2. The lowest BCUT2D eigenvalue weighted by Crippen LogP contribution is -2.12. The predicted molar refractivity (Wildman–Crippen MR) is 102 cm³/mol. The van der Waals surface area contributed by atoms with Gasteiger partial charge in [-0.15, -0.1) is 0 Å². The molecular weight excluding hydrogens is 330 g/mol. The molecule has 138 valence electrons. The summed E-state index contributed by atoms with van der Waals surface area (Å²) in [6, 6.07) is 10.8. The van der Waals surface area contributed by atoms with E-state index in [1.807, 2.05) is 24.3 Å². The van der Waals surface area contributed by atoms with Crippen molar-refractivity contribution in [2.75, 3.05) is 7.11 Å². The number of methoxy groups -OCH3 is 1. The number of benzene rings is 2. The Bertz CT molecular complexity index is 793. The summed E-state index contributed by atoms with van der Waals surface area (Å²) in [4.78, 5) is 0. The van der Waals surface area contributed by atoms with Crippen molar-refractivity contribution < 1.29 is 13.5 Å². The van der Waals surface area contributed by atoms with E-state index in [1.165, 1.54) is 43.6 Å². The van der Waals surface area contributed by atoms with Crippen molar-refractivity contribution in [1.29, 1.82) is 0 Å². The topological polar surface area (TPSA) is 9.23 Å². The number of hydrogen-bond donors (Lipinski definition) is 0. The van der Waals surface area contributed by atoms with Crippen LogP contribution >= 0.6 is 0 Å². The first-order valence-corrected chi connectivity index (χ1v) is 9.35. The largest absolute Gasteiger partial charge is 0.494 e. The highest BCUT2D eigenvalue weighted by Crippen LogP contribution is 2.37. The van der Waals surface area contributed by atoms with Gasteiger partial charge in [-0.25, -0.2) is 4.39 Å². The molecule has 1 aliphatic carbocycles. The van der Waals surface area contributed by atoms with Crippen molar-refractivity contribution in [3.8, 4) is 16.9 Å². The first kappa shape index (κ1) is 18.6. The minimum absolute atomic E-state index is 0.0766. The van der Waals surface area contributed by atoms with Crippen LogP contribution in [0.25, 0.3) is 11.1 Å². The van der Waals surface area contributed by atoms with Crippen LogP contribution in [0.2, 0.25) is 0 Å². The molecule has 2 aromatic carbocycles. The van der Waals surface area contributed by atoms with Crippen molar-refractivity contribution >= 4 is 0 Å². The molecule has 1 aliphatic rings. The Labute approximate surface area is 154 Å². The molecule has 0 fully saturated rings. The van der Waals surface area contributed by atoms with E-state index >= 15 is 0 Å². The Kier molecular flexibility index (Phi) is 5.75. The third-order valence-electron chi connectivity index (χ3n) is 5.49. The minimum Gasteiger partial charge on any atom is -0.494 e. The van der Waals surface area contributed by atoms with Gasteiger partial charge in [-0.05, 0) is 55.4 Å². The average Bonchev–Trinajstić information content (AvgIpc) is 2.66. The molecular formula is C23H26F2O. The zero-order valence-electron chi connectivity index (χ0n) is 15.7. The van der Waals surface area contributed by atoms with Gasteiger partial charge in [0.1, 0.15) is 0 Å². The maximum Gasteiger partial charge on any atom is 0.201 e. The van der Waals surface area contributed by atoms with Crippen LogP contribution in [-0.4, -0.2) is 7.11 Å². The van der Waals surface area contributed by atoms with Gasteiger partial charge in [0.05, 0.1) is 7.11 Å². The van der Waals surface area contributed by atoms with E-state index in [4.69, 9.17) is 4.74 Å². The number of allylic oxidation sites excluding steroid dienone is 2. The van der Waals surface area contributed by atoms with Crippen LogP contribution in [0.1, 0.15) is 51.0 Å². The standard InChI is InChI=1S/C23H26F2O/c1-4-5-16-6-11-19(14-15(16)2)17-7-9-18(10-8-17)20-12-13-21(26-3)23(25)22(20)24/h7-10,12-14,16,19H,4-6,11H2,1-3H3. The van der Waals surface area contributed by atoms with E-state index < -0.39 is 11.6 Å². The van der Waals surface area contributed by atoms with E-state index in [1.54, 1.807) is 6.07 Å². The van der Waals surface area contributed by atoms with Crippen LogP contribution in [-0.2, 0) is 0 Å². The second-order valence-electron chi connectivity index (χ2n) is 7.15. The van der Waals surface area contributed by atoms with Gasteiger partial charge in [0.15, 0.2) is 11.6 Å². The summed E-state index contributed by atoms with van der Waals surface area (Å²) in [5.41, 5.74) is 3.65. The van der Waals surface area contributed by atoms with E-state index in [0.717, 1.165) is 6.42 Å². The molecule has 3 heteroatoms. The second kappa shape index (κ2) is 8.03. The summed E-state index contributed by atoms with van der Waals surface area (Å²) >= 11 is 0. The van der Waals surface area contributed by atoms with Crippen molar-refractivity contribution in [1.82, 2.24) is 0 Å². The molecule has 0 aliphatic heterocycles.